The third kappa shape index (κ3) is 2.58. The van der Waals surface area contributed by atoms with Crippen LogP contribution in [-0.4, -0.2) is 36.0 Å². The molecule has 5 nitrogen and oxygen atoms in total. The Morgan fingerprint density at radius 1 is 1.52 bits per heavy atom. The van der Waals surface area contributed by atoms with Crippen LogP contribution < -0.4 is 5.32 Å². The van der Waals surface area contributed by atoms with Crippen LogP contribution in [0.4, 0.5) is 0 Å². The standard InChI is InChI=1S/C15H20N2O3S/c1-20-12(18)4-8-17-13(11-5-9-21-10-11)16-15(14(17)19)6-2-3-7-15/h5,9-10,13,16H,2-4,6-8H2,1H3. The molecule has 3 rings (SSSR count). The molecule has 1 amide bonds. The van der Waals surface area contributed by atoms with Crippen molar-refractivity contribution in [2.75, 3.05) is 13.7 Å². The molecule has 1 unspecified atom stereocenters. The van der Waals surface area contributed by atoms with E-state index in [-0.39, 0.29) is 24.5 Å². The molecule has 1 aliphatic heterocycles. The lowest BCUT2D eigenvalue weighted by Crippen LogP contribution is -2.44. The zero-order valence-corrected chi connectivity index (χ0v) is 12.9. The molecular weight excluding hydrogens is 288 g/mol. The Kier molecular flexibility index (Phi) is 3.99. The Balaban J connectivity index is 1.82. The second-order valence-electron chi connectivity index (χ2n) is 5.72. The second kappa shape index (κ2) is 5.77. The Labute approximate surface area is 128 Å². The molecule has 0 bridgehead atoms. The van der Waals surface area contributed by atoms with E-state index in [9.17, 15) is 9.59 Å². The van der Waals surface area contributed by atoms with Crippen molar-refractivity contribution in [2.24, 2.45) is 0 Å². The van der Waals surface area contributed by atoms with Crippen molar-refractivity contribution in [1.82, 2.24) is 10.2 Å². The van der Waals surface area contributed by atoms with Gasteiger partial charge in [-0.15, -0.1) is 0 Å². The summed E-state index contributed by atoms with van der Waals surface area (Å²) in [5.41, 5.74) is 0.685. The molecule has 1 N–H and O–H groups in total. The largest absolute Gasteiger partial charge is 0.469 e. The normalized spacial score (nSPS) is 24.0. The van der Waals surface area contributed by atoms with Gasteiger partial charge in [0.2, 0.25) is 5.91 Å². The van der Waals surface area contributed by atoms with E-state index in [2.05, 4.69) is 10.7 Å². The van der Waals surface area contributed by atoms with E-state index in [1.807, 2.05) is 16.3 Å². The highest BCUT2D eigenvalue weighted by Gasteiger charge is 2.52. The first kappa shape index (κ1) is 14.5. The number of thiophene rings is 1. The maximum atomic E-state index is 12.9. The predicted molar refractivity (Wildman–Crippen MR) is 79.7 cm³/mol. The fraction of sp³-hybridized carbons (Fsp3) is 0.600. The van der Waals surface area contributed by atoms with E-state index in [4.69, 9.17) is 4.74 Å². The van der Waals surface area contributed by atoms with Gasteiger partial charge in [-0.3, -0.25) is 14.9 Å². The first-order chi connectivity index (χ1) is 10.2. The van der Waals surface area contributed by atoms with Crippen molar-refractivity contribution in [2.45, 2.75) is 43.8 Å². The summed E-state index contributed by atoms with van der Waals surface area (Å²) < 4.78 is 4.69. The van der Waals surface area contributed by atoms with Crippen molar-refractivity contribution in [3.05, 3.63) is 22.4 Å². The minimum Gasteiger partial charge on any atom is -0.469 e. The van der Waals surface area contributed by atoms with E-state index in [1.165, 1.54) is 7.11 Å². The molecule has 1 saturated heterocycles. The summed E-state index contributed by atoms with van der Waals surface area (Å²) in [7, 11) is 1.38. The first-order valence-corrected chi connectivity index (χ1v) is 8.28. The number of carbonyl (C=O) groups is 2. The Morgan fingerprint density at radius 2 is 2.29 bits per heavy atom. The fourth-order valence-corrected chi connectivity index (χ4v) is 4.05. The van der Waals surface area contributed by atoms with Crippen LogP contribution in [0.15, 0.2) is 16.8 Å². The highest BCUT2D eigenvalue weighted by molar-refractivity contribution is 7.08. The molecule has 1 aromatic rings. The fourth-order valence-electron chi connectivity index (χ4n) is 3.37. The third-order valence-electron chi connectivity index (χ3n) is 4.50. The second-order valence-corrected chi connectivity index (χ2v) is 6.50. The number of nitrogens with zero attached hydrogens (tertiary/aromatic N) is 1. The molecule has 2 aliphatic rings. The number of methoxy groups -OCH3 is 1. The number of hydrogen-bond acceptors (Lipinski definition) is 5. The monoisotopic (exact) mass is 308 g/mol. The van der Waals surface area contributed by atoms with Crippen molar-refractivity contribution in [3.8, 4) is 0 Å². The Morgan fingerprint density at radius 3 is 2.90 bits per heavy atom. The van der Waals surface area contributed by atoms with Crippen molar-refractivity contribution < 1.29 is 14.3 Å². The van der Waals surface area contributed by atoms with Crippen LogP contribution >= 0.6 is 11.3 Å². The summed E-state index contributed by atoms with van der Waals surface area (Å²) in [6.45, 7) is 0.404. The van der Waals surface area contributed by atoms with Gasteiger partial charge in [-0.1, -0.05) is 12.8 Å². The number of hydrogen-bond donors (Lipinski definition) is 1. The van der Waals surface area contributed by atoms with E-state index in [1.54, 1.807) is 11.3 Å². The van der Waals surface area contributed by atoms with Gasteiger partial charge in [-0.05, 0) is 35.2 Å². The molecule has 1 spiro atoms. The molecule has 21 heavy (non-hydrogen) atoms. The lowest BCUT2D eigenvalue weighted by molar-refractivity contribution is -0.142. The number of rotatable bonds is 4. The smallest absolute Gasteiger partial charge is 0.307 e. The van der Waals surface area contributed by atoms with E-state index in [0.29, 0.717) is 6.54 Å². The summed E-state index contributed by atoms with van der Waals surface area (Å²) in [5, 5.41) is 7.61. The summed E-state index contributed by atoms with van der Waals surface area (Å²) in [6.07, 6.45) is 4.06. The zero-order valence-electron chi connectivity index (χ0n) is 12.1. The van der Waals surface area contributed by atoms with Gasteiger partial charge >= 0.3 is 5.97 Å². The van der Waals surface area contributed by atoms with Crippen LogP contribution in [0, 0.1) is 0 Å². The highest BCUT2D eigenvalue weighted by atomic mass is 32.1. The molecule has 6 heteroatoms. The SMILES string of the molecule is COC(=O)CCN1C(=O)C2(CCCC2)NC1c1ccsc1. The maximum Gasteiger partial charge on any atom is 0.307 e. The van der Waals surface area contributed by atoms with Crippen LogP contribution in [0.5, 0.6) is 0 Å². The molecule has 1 aromatic heterocycles. The molecule has 1 saturated carbocycles. The van der Waals surface area contributed by atoms with Crippen LogP contribution in [0.3, 0.4) is 0 Å². The zero-order chi connectivity index (χ0) is 14.9. The summed E-state index contributed by atoms with van der Waals surface area (Å²) >= 11 is 1.62. The van der Waals surface area contributed by atoms with Gasteiger partial charge in [-0.2, -0.15) is 11.3 Å². The number of amides is 1. The van der Waals surface area contributed by atoms with Gasteiger partial charge in [0.25, 0.3) is 0 Å². The van der Waals surface area contributed by atoms with Gasteiger partial charge in [0.1, 0.15) is 6.17 Å². The molecular formula is C15H20N2O3S. The third-order valence-corrected chi connectivity index (χ3v) is 5.20. The van der Waals surface area contributed by atoms with Crippen LogP contribution in [0.25, 0.3) is 0 Å². The summed E-state index contributed by atoms with van der Waals surface area (Å²) in [4.78, 5) is 26.1. The van der Waals surface area contributed by atoms with Gasteiger partial charge in [-0.25, -0.2) is 0 Å². The lowest BCUT2D eigenvalue weighted by atomic mass is 9.98. The Bertz CT molecular complexity index is 523. The minimum atomic E-state index is -0.414. The first-order valence-electron chi connectivity index (χ1n) is 7.34. The van der Waals surface area contributed by atoms with Gasteiger partial charge in [0.05, 0.1) is 19.1 Å². The van der Waals surface area contributed by atoms with Gasteiger partial charge < -0.3 is 9.64 Å². The molecule has 114 valence electrons. The molecule has 1 atom stereocenters. The molecule has 0 radical (unpaired) electrons. The predicted octanol–water partition coefficient (Wildman–Crippen LogP) is 2.05. The van der Waals surface area contributed by atoms with E-state index < -0.39 is 5.54 Å². The van der Waals surface area contributed by atoms with E-state index in [0.717, 1.165) is 31.2 Å². The molecule has 0 aromatic carbocycles. The minimum absolute atomic E-state index is 0.119. The maximum absolute atomic E-state index is 12.9. The van der Waals surface area contributed by atoms with Crippen molar-refractivity contribution in [1.29, 1.82) is 0 Å². The van der Waals surface area contributed by atoms with Gasteiger partial charge in [0.15, 0.2) is 0 Å². The number of carbonyl (C=O) groups excluding carboxylic acids is 2. The van der Waals surface area contributed by atoms with Crippen molar-refractivity contribution in [3.63, 3.8) is 0 Å². The summed E-state index contributed by atoms with van der Waals surface area (Å²) in [5.74, 6) is -0.139. The molecule has 2 fully saturated rings. The quantitative estimate of drug-likeness (QED) is 0.865. The average molecular weight is 308 g/mol. The Hall–Kier alpha value is -1.40. The van der Waals surface area contributed by atoms with Crippen LogP contribution in [0.1, 0.15) is 43.8 Å². The average Bonchev–Trinajstić information content (AvgIpc) is 3.21. The van der Waals surface area contributed by atoms with Crippen LogP contribution in [0.2, 0.25) is 0 Å². The summed E-state index contributed by atoms with van der Waals surface area (Å²) in [6, 6.07) is 2.04. The van der Waals surface area contributed by atoms with E-state index >= 15 is 0 Å². The van der Waals surface area contributed by atoms with Gasteiger partial charge in [0, 0.05) is 6.54 Å². The topological polar surface area (TPSA) is 58.6 Å². The van der Waals surface area contributed by atoms with Crippen molar-refractivity contribution >= 4 is 23.2 Å². The lowest BCUT2D eigenvalue weighted by Gasteiger charge is -2.23. The number of esters is 1. The number of nitrogens with one attached hydrogen (secondary N) is 1. The molecule has 1 aliphatic carbocycles. The molecule has 2 heterocycles. The van der Waals surface area contributed by atoms with Crippen LogP contribution in [-0.2, 0) is 14.3 Å². The number of ether oxygens (including phenoxy) is 1. The highest BCUT2D eigenvalue weighted by Crippen LogP contribution is 2.41.